The smallest absolute Gasteiger partial charge is 0.406 e. The van der Waals surface area contributed by atoms with Crippen LogP contribution in [0.4, 0.5) is 13.2 Å². The van der Waals surface area contributed by atoms with Crippen LogP contribution in [-0.4, -0.2) is 45.4 Å². The van der Waals surface area contributed by atoms with Crippen LogP contribution in [0.5, 0.6) is 5.75 Å². The quantitative estimate of drug-likeness (QED) is 0.686. The van der Waals surface area contributed by atoms with E-state index in [2.05, 4.69) is 21.3 Å². The first kappa shape index (κ1) is 21.0. The Morgan fingerprint density at radius 1 is 1.19 bits per heavy atom. The summed E-state index contributed by atoms with van der Waals surface area (Å²) in [6, 6.07) is 4.75. The molecule has 1 heterocycles. The van der Waals surface area contributed by atoms with Crippen molar-refractivity contribution in [3.8, 4) is 5.75 Å². The number of likely N-dealkylation sites (tertiary alicyclic amines) is 1. The zero-order valence-corrected chi connectivity index (χ0v) is 15.6. The largest absolute Gasteiger partial charge is 0.573 e. The SMILES string of the molecule is CC1CCCCN1CCCCNS(=O)(=O)c1ccc(OC(F)(F)F)cc1. The summed E-state index contributed by atoms with van der Waals surface area (Å²) >= 11 is 0. The molecule has 0 aromatic heterocycles. The van der Waals surface area contributed by atoms with Crippen molar-refractivity contribution in [1.82, 2.24) is 9.62 Å². The van der Waals surface area contributed by atoms with E-state index in [-0.39, 0.29) is 4.90 Å². The van der Waals surface area contributed by atoms with Gasteiger partial charge >= 0.3 is 6.36 Å². The second-order valence-corrected chi connectivity index (χ2v) is 8.27. The van der Waals surface area contributed by atoms with Crippen molar-refractivity contribution in [2.45, 2.75) is 56.3 Å². The molecule has 1 aliphatic rings. The maximum Gasteiger partial charge on any atom is 0.573 e. The minimum Gasteiger partial charge on any atom is -0.406 e. The van der Waals surface area contributed by atoms with Gasteiger partial charge < -0.3 is 9.64 Å². The molecule has 1 saturated heterocycles. The molecule has 0 radical (unpaired) electrons. The molecule has 1 aromatic rings. The monoisotopic (exact) mass is 394 g/mol. The van der Waals surface area contributed by atoms with Gasteiger partial charge in [0.15, 0.2) is 0 Å². The van der Waals surface area contributed by atoms with E-state index < -0.39 is 22.1 Å². The number of rotatable bonds is 8. The lowest BCUT2D eigenvalue weighted by Crippen LogP contribution is -2.38. The standard InChI is InChI=1S/C17H25F3N2O3S/c1-14-6-2-4-12-22(14)13-5-3-11-21-26(23,24)16-9-7-15(8-10-16)25-17(18,19)20/h7-10,14,21H,2-6,11-13H2,1H3. The molecule has 5 nitrogen and oxygen atoms in total. The fourth-order valence-corrected chi connectivity index (χ4v) is 4.11. The number of benzene rings is 1. The average molecular weight is 394 g/mol. The van der Waals surface area contributed by atoms with Gasteiger partial charge in [0.05, 0.1) is 4.90 Å². The van der Waals surface area contributed by atoms with E-state index >= 15 is 0 Å². The van der Waals surface area contributed by atoms with E-state index in [9.17, 15) is 21.6 Å². The second-order valence-electron chi connectivity index (χ2n) is 6.50. The maximum atomic E-state index is 12.2. The van der Waals surface area contributed by atoms with E-state index in [1.165, 1.54) is 19.3 Å². The minimum absolute atomic E-state index is 0.0864. The predicted molar refractivity (Wildman–Crippen MR) is 92.4 cm³/mol. The van der Waals surface area contributed by atoms with Crippen LogP contribution >= 0.6 is 0 Å². The highest BCUT2D eigenvalue weighted by Crippen LogP contribution is 2.23. The molecule has 1 unspecified atom stereocenters. The highest BCUT2D eigenvalue weighted by Gasteiger charge is 2.31. The Kier molecular flexibility index (Phi) is 7.31. The van der Waals surface area contributed by atoms with E-state index in [4.69, 9.17) is 0 Å². The van der Waals surface area contributed by atoms with Crippen LogP contribution in [0.15, 0.2) is 29.2 Å². The lowest BCUT2D eigenvalue weighted by molar-refractivity contribution is -0.274. The van der Waals surface area contributed by atoms with Crippen LogP contribution in [0.1, 0.15) is 39.0 Å². The lowest BCUT2D eigenvalue weighted by atomic mass is 10.0. The van der Waals surface area contributed by atoms with Crippen LogP contribution < -0.4 is 9.46 Å². The third-order valence-electron chi connectivity index (χ3n) is 4.47. The van der Waals surface area contributed by atoms with Crippen molar-refractivity contribution < 1.29 is 26.3 Å². The number of halogens is 3. The second kappa shape index (κ2) is 9.05. The van der Waals surface area contributed by atoms with Crippen molar-refractivity contribution in [2.75, 3.05) is 19.6 Å². The number of unbranched alkanes of at least 4 members (excludes halogenated alkanes) is 1. The zero-order chi connectivity index (χ0) is 19.2. The van der Waals surface area contributed by atoms with Gasteiger partial charge in [-0.15, -0.1) is 13.2 Å². The molecule has 0 bridgehead atoms. The number of alkyl halides is 3. The van der Waals surface area contributed by atoms with E-state index in [0.29, 0.717) is 19.0 Å². The van der Waals surface area contributed by atoms with Gasteiger partial charge in [-0.3, -0.25) is 0 Å². The highest BCUT2D eigenvalue weighted by atomic mass is 32.2. The minimum atomic E-state index is -4.80. The fourth-order valence-electron chi connectivity index (χ4n) is 3.04. The zero-order valence-electron chi connectivity index (χ0n) is 14.8. The summed E-state index contributed by atoms with van der Waals surface area (Å²) in [5.74, 6) is -0.452. The third-order valence-corrected chi connectivity index (χ3v) is 5.95. The Hall–Kier alpha value is -1.32. The molecular formula is C17H25F3N2O3S. The summed E-state index contributed by atoms with van der Waals surface area (Å²) in [5.41, 5.74) is 0. The lowest BCUT2D eigenvalue weighted by Gasteiger charge is -2.33. The van der Waals surface area contributed by atoms with Crippen molar-refractivity contribution >= 4 is 10.0 Å². The third kappa shape index (κ3) is 6.77. The predicted octanol–water partition coefficient (Wildman–Crippen LogP) is 3.52. The van der Waals surface area contributed by atoms with Gasteiger partial charge in [0.1, 0.15) is 5.75 Å². The number of nitrogens with zero attached hydrogens (tertiary/aromatic N) is 1. The van der Waals surface area contributed by atoms with E-state index in [0.717, 1.165) is 43.8 Å². The Morgan fingerprint density at radius 2 is 1.88 bits per heavy atom. The van der Waals surface area contributed by atoms with Crippen molar-refractivity contribution in [1.29, 1.82) is 0 Å². The van der Waals surface area contributed by atoms with Crippen LogP contribution in [0.2, 0.25) is 0 Å². The highest BCUT2D eigenvalue weighted by molar-refractivity contribution is 7.89. The Morgan fingerprint density at radius 3 is 2.50 bits per heavy atom. The summed E-state index contributed by atoms with van der Waals surface area (Å²) in [6.07, 6.45) is 0.489. The molecule has 1 aliphatic heterocycles. The molecular weight excluding hydrogens is 369 g/mol. The van der Waals surface area contributed by atoms with Crippen LogP contribution in [0.25, 0.3) is 0 Å². The number of sulfonamides is 1. The van der Waals surface area contributed by atoms with Gasteiger partial charge in [0.2, 0.25) is 10.0 Å². The molecule has 0 aliphatic carbocycles. The molecule has 148 valence electrons. The van der Waals surface area contributed by atoms with Gasteiger partial charge in [-0.2, -0.15) is 0 Å². The van der Waals surface area contributed by atoms with Gasteiger partial charge in [-0.25, -0.2) is 13.1 Å². The molecule has 1 aromatic carbocycles. The molecule has 9 heteroatoms. The Balaban J connectivity index is 1.75. The summed E-state index contributed by atoms with van der Waals surface area (Å²) in [7, 11) is -3.74. The first-order valence-corrected chi connectivity index (χ1v) is 10.3. The van der Waals surface area contributed by atoms with Crippen molar-refractivity contribution in [3.63, 3.8) is 0 Å². The fraction of sp³-hybridized carbons (Fsp3) is 0.647. The molecule has 1 atom stereocenters. The Labute approximate surface area is 152 Å². The first-order chi connectivity index (χ1) is 12.2. The summed E-state index contributed by atoms with van der Waals surface area (Å²) in [5, 5.41) is 0. The molecule has 0 amide bonds. The van der Waals surface area contributed by atoms with E-state index in [1.54, 1.807) is 0 Å². The topological polar surface area (TPSA) is 58.6 Å². The molecule has 1 fully saturated rings. The summed E-state index contributed by atoms with van der Waals surface area (Å²) in [4.78, 5) is 2.34. The summed E-state index contributed by atoms with van der Waals surface area (Å²) in [6.45, 7) is 4.56. The average Bonchev–Trinajstić information content (AvgIpc) is 2.55. The van der Waals surface area contributed by atoms with Gasteiger partial charge in [0.25, 0.3) is 0 Å². The molecule has 26 heavy (non-hydrogen) atoms. The van der Waals surface area contributed by atoms with Crippen molar-refractivity contribution in [3.05, 3.63) is 24.3 Å². The number of hydrogen-bond acceptors (Lipinski definition) is 4. The number of ether oxygens (including phenoxy) is 1. The van der Waals surface area contributed by atoms with Crippen LogP contribution in [0, 0.1) is 0 Å². The number of piperidine rings is 1. The van der Waals surface area contributed by atoms with Crippen LogP contribution in [-0.2, 0) is 10.0 Å². The molecule has 0 saturated carbocycles. The first-order valence-electron chi connectivity index (χ1n) is 8.77. The van der Waals surface area contributed by atoms with Crippen molar-refractivity contribution in [2.24, 2.45) is 0 Å². The number of hydrogen-bond donors (Lipinski definition) is 1. The Bertz CT molecular complexity index is 663. The molecule has 2 rings (SSSR count). The van der Waals surface area contributed by atoms with Gasteiger partial charge in [0, 0.05) is 12.6 Å². The van der Waals surface area contributed by atoms with E-state index in [1.807, 2.05) is 0 Å². The van der Waals surface area contributed by atoms with Gasteiger partial charge in [-0.1, -0.05) is 6.42 Å². The molecule has 0 spiro atoms. The number of nitrogens with one attached hydrogen (secondary N) is 1. The van der Waals surface area contributed by atoms with Crippen LogP contribution in [0.3, 0.4) is 0 Å². The molecule has 1 N–H and O–H groups in total. The summed E-state index contributed by atoms with van der Waals surface area (Å²) < 4.78 is 66.9. The normalized spacial score (nSPS) is 19.5. The van der Waals surface area contributed by atoms with Gasteiger partial charge in [-0.05, 0) is 70.0 Å². The maximum absolute atomic E-state index is 12.2.